The summed E-state index contributed by atoms with van der Waals surface area (Å²) >= 11 is 0. The van der Waals surface area contributed by atoms with Crippen LogP contribution in [0.5, 0.6) is 0 Å². The van der Waals surface area contributed by atoms with E-state index in [1.54, 1.807) is 0 Å². The monoisotopic (exact) mass is 130 g/mol. The minimum atomic E-state index is 0.308. The molecule has 0 radical (unpaired) electrons. The van der Waals surface area contributed by atoms with E-state index in [4.69, 9.17) is 0 Å². The lowest BCUT2D eigenvalue weighted by Gasteiger charge is -2.08. The molecule has 0 saturated carbocycles. The van der Waals surface area contributed by atoms with Gasteiger partial charge in [-0.15, -0.1) is 12.3 Å². The summed E-state index contributed by atoms with van der Waals surface area (Å²) in [5.41, 5.74) is 3.96. The summed E-state index contributed by atoms with van der Waals surface area (Å²) in [6, 6.07) is 0. The fraction of sp³-hybridized carbons (Fsp3) is 0.100. The predicted octanol–water partition coefficient (Wildman–Crippen LogP) is 2.63. The first kappa shape index (κ1) is 6.85. The van der Waals surface area contributed by atoms with E-state index in [1.807, 2.05) is 24.3 Å². The molecule has 1 atom stereocenters. The molecule has 1 aliphatic carbocycles. The third-order valence-electron chi connectivity index (χ3n) is 1.52. The molecule has 0 saturated heterocycles. The third kappa shape index (κ3) is 1.18. The van der Waals surface area contributed by atoms with E-state index >= 15 is 0 Å². The van der Waals surface area contributed by atoms with E-state index in [0.717, 1.165) is 5.57 Å². The third-order valence-corrected chi connectivity index (χ3v) is 1.52. The fourth-order valence-corrected chi connectivity index (χ4v) is 0.940. The Morgan fingerprint density at radius 2 is 2.30 bits per heavy atom. The first-order valence-corrected chi connectivity index (χ1v) is 3.26. The van der Waals surface area contributed by atoms with Crippen molar-refractivity contribution in [3.63, 3.8) is 0 Å². The molecule has 0 fully saturated rings. The zero-order valence-electron chi connectivity index (χ0n) is 5.88. The highest BCUT2D eigenvalue weighted by molar-refractivity contribution is 5.34. The van der Waals surface area contributed by atoms with Crippen LogP contribution >= 0.6 is 0 Å². The van der Waals surface area contributed by atoms with Gasteiger partial charge < -0.3 is 0 Å². The Morgan fingerprint density at radius 1 is 1.50 bits per heavy atom. The smallest absolute Gasteiger partial charge is 0.0272 e. The van der Waals surface area contributed by atoms with Crippen LogP contribution in [0.1, 0.15) is 0 Å². The van der Waals surface area contributed by atoms with Gasteiger partial charge in [0.25, 0.3) is 0 Å². The Hall–Kier alpha value is -1.26. The lowest BCUT2D eigenvalue weighted by atomic mass is 9.96. The van der Waals surface area contributed by atoms with Crippen molar-refractivity contribution in [3.8, 4) is 0 Å². The lowest BCUT2D eigenvalue weighted by Crippen LogP contribution is -1.95. The molecule has 0 aromatic heterocycles. The van der Waals surface area contributed by atoms with Gasteiger partial charge in [-0.2, -0.15) is 0 Å². The van der Waals surface area contributed by atoms with Crippen molar-refractivity contribution in [2.75, 3.05) is 0 Å². The molecular weight excluding hydrogens is 120 g/mol. The Bertz CT molecular complexity index is 235. The highest BCUT2D eigenvalue weighted by Crippen LogP contribution is 2.17. The molecular formula is C10H10. The summed E-state index contributed by atoms with van der Waals surface area (Å²) in [7, 11) is 0. The zero-order chi connectivity index (χ0) is 7.40. The molecule has 0 amide bonds. The summed E-state index contributed by atoms with van der Waals surface area (Å²) in [4.78, 5) is 0. The van der Waals surface area contributed by atoms with E-state index in [-0.39, 0.29) is 0 Å². The molecule has 1 unspecified atom stereocenters. The van der Waals surface area contributed by atoms with E-state index < -0.39 is 0 Å². The summed E-state index contributed by atoms with van der Waals surface area (Å²) in [6.07, 6.45) is 9.94. The lowest BCUT2D eigenvalue weighted by molar-refractivity contribution is 1.00. The van der Waals surface area contributed by atoms with Crippen molar-refractivity contribution in [3.05, 3.63) is 54.8 Å². The minimum absolute atomic E-state index is 0.308. The van der Waals surface area contributed by atoms with Gasteiger partial charge in [0.2, 0.25) is 0 Å². The average molecular weight is 130 g/mol. The minimum Gasteiger partial charge on any atom is -0.124 e. The van der Waals surface area contributed by atoms with Gasteiger partial charge in [-0.05, 0) is 0 Å². The molecule has 0 bridgehead atoms. The Labute approximate surface area is 61.6 Å². The number of allylic oxidation sites excluding steroid dienone is 6. The summed E-state index contributed by atoms with van der Waals surface area (Å²) in [5.74, 6) is 0.308. The predicted molar refractivity (Wildman–Crippen MR) is 44.6 cm³/mol. The molecule has 0 spiro atoms. The van der Waals surface area contributed by atoms with Crippen molar-refractivity contribution < 1.29 is 0 Å². The van der Waals surface area contributed by atoms with Crippen molar-refractivity contribution in [1.29, 1.82) is 0 Å². The van der Waals surface area contributed by atoms with Crippen molar-refractivity contribution in [2.24, 2.45) is 5.92 Å². The Balaban J connectivity index is 2.94. The van der Waals surface area contributed by atoms with Gasteiger partial charge in [-0.25, -0.2) is 0 Å². The molecule has 0 N–H and O–H groups in total. The molecule has 0 aromatic carbocycles. The van der Waals surface area contributed by atoms with Crippen LogP contribution in [-0.4, -0.2) is 0 Å². The molecule has 0 heteroatoms. The summed E-state index contributed by atoms with van der Waals surface area (Å²) < 4.78 is 0. The average Bonchev–Trinajstić information content (AvgIpc) is 2.04. The molecule has 10 heavy (non-hydrogen) atoms. The number of hydrogen-bond donors (Lipinski definition) is 0. The van der Waals surface area contributed by atoms with Crippen LogP contribution in [0, 0.1) is 5.92 Å². The summed E-state index contributed by atoms with van der Waals surface area (Å²) in [5, 5.41) is 0. The highest BCUT2D eigenvalue weighted by atomic mass is 14.1. The highest BCUT2D eigenvalue weighted by Gasteiger charge is 2.04. The second-order valence-corrected chi connectivity index (χ2v) is 2.14. The van der Waals surface area contributed by atoms with E-state index in [0.29, 0.717) is 5.92 Å². The molecule has 1 aliphatic rings. The van der Waals surface area contributed by atoms with Gasteiger partial charge in [-0.3, -0.25) is 0 Å². The van der Waals surface area contributed by atoms with Crippen molar-refractivity contribution in [2.45, 2.75) is 0 Å². The molecule has 0 aromatic rings. The molecule has 50 valence electrons. The maximum Gasteiger partial charge on any atom is 0.0272 e. The molecule has 1 rings (SSSR count). The van der Waals surface area contributed by atoms with Crippen LogP contribution in [0.4, 0.5) is 0 Å². The summed E-state index contributed by atoms with van der Waals surface area (Å²) in [6.45, 7) is 7.30. The van der Waals surface area contributed by atoms with Gasteiger partial charge in [0.1, 0.15) is 0 Å². The first-order chi connectivity index (χ1) is 4.88. The second kappa shape index (κ2) is 3.05. The maximum atomic E-state index is 3.71. The Morgan fingerprint density at radius 3 is 2.80 bits per heavy atom. The quantitative estimate of drug-likeness (QED) is 0.378. The van der Waals surface area contributed by atoms with E-state index in [9.17, 15) is 0 Å². The number of hydrogen-bond acceptors (Lipinski definition) is 0. The van der Waals surface area contributed by atoms with Crippen LogP contribution in [0.3, 0.4) is 0 Å². The van der Waals surface area contributed by atoms with Crippen LogP contribution in [0.2, 0.25) is 0 Å². The van der Waals surface area contributed by atoms with E-state index in [2.05, 4.69) is 25.0 Å². The van der Waals surface area contributed by atoms with E-state index in [1.165, 1.54) is 0 Å². The molecule has 0 nitrogen and oxygen atoms in total. The first-order valence-electron chi connectivity index (χ1n) is 3.26. The van der Waals surface area contributed by atoms with Crippen molar-refractivity contribution >= 4 is 0 Å². The zero-order valence-corrected chi connectivity index (χ0v) is 5.88. The SMILES string of the molecule is C=C=C1C=CC=CC1C=C. The van der Waals surface area contributed by atoms with Gasteiger partial charge in [0, 0.05) is 11.5 Å². The topological polar surface area (TPSA) is 0 Å². The van der Waals surface area contributed by atoms with Crippen LogP contribution in [0.15, 0.2) is 54.8 Å². The van der Waals surface area contributed by atoms with Gasteiger partial charge >= 0.3 is 0 Å². The molecule has 0 heterocycles. The van der Waals surface area contributed by atoms with Crippen LogP contribution in [0.25, 0.3) is 0 Å². The van der Waals surface area contributed by atoms with Gasteiger partial charge in [0.15, 0.2) is 0 Å². The van der Waals surface area contributed by atoms with Crippen LogP contribution < -0.4 is 0 Å². The maximum absolute atomic E-state index is 3.71. The normalized spacial score (nSPS) is 22.4. The Kier molecular flexibility index (Phi) is 2.09. The van der Waals surface area contributed by atoms with Gasteiger partial charge in [0.05, 0.1) is 0 Å². The second-order valence-electron chi connectivity index (χ2n) is 2.14. The number of rotatable bonds is 1. The largest absolute Gasteiger partial charge is 0.124 e. The van der Waals surface area contributed by atoms with Gasteiger partial charge in [-0.1, -0.05) is 37.0 Å². The van der Waals surface area contributed by atoms with Crippen LogP contribution in [-0.2, 0) is 0 Å². The fourth-order valence-electron chi connectivity index (χ4n) is 0.940. The van der Waals surface area contributed by atoms with Crippen molar-refractivity contribution in [1.82, 2.24) is 0 Å². The standard InChI is InChI=1S/C10H10/c1-3-9-7-5-6-8-10(9)4-2/h3,5-9H,1-2H2. The molecule has 0 aliphatic heterocycles.